The van der Waals surface area contributed by atoms with E-state index in [2.05, 4.69) is 63.9 Å². The number of piperazine rings is 1. The summed E-state index contributed by atoms with van der Waals surface area (Å²) in [6, 6.07) is 8.99. The predicted molar refractivity (Wildman–Crippen MR) is 92.8 cm³/mol. The Hall–Kier alpha value is -1.02. The van der Waals surface area contributed by atoms with Gasteiger partial charge in [-0.3, -0.25) is 0 Å². The standard InChI is InChI=1S/C19H33N2/c1-16(2)14-18(4)15-21(5)12-10-20(11-13-21)19-8-6-17(3)7-9-19/h6-9,16,18H,10-15H2,1-5H3/q+1. The van der Waals surface area contributed by atoms with Crippen molar-refractivity contribution in [1.29, 1.82) is 0 Å². The Morgan fingerprint density at radius 1 is 1.05 bits per heavy atom. The number of hydrogen-bond donors (Lipinski definition) is 0. The highest BCUT2D eigenvalue weighted by molar-refractivity contribution is 5.47. The normalized spacial score (nSPS) is 19.8. The van der Waals surface area contributed by atoms with Crippen LogP contribution in [0.3, 0.4) is 0 Å². The van der Waals surface area contributed by atoms with Crippen LogP contribution in [0.2, 0.25) is 0 Å². The number of aryl methyl sites for hydroxylation is 1. The highest BCUT2D eigenvalue weighted by Crippen LogP contribution is 2.22. The van der Waals surface area contributed by atoms with E-state index < -0.39 is 0 Å². The molecule has 0 aliphatic carbocycles. The number of benzene rings is 1. The molecule has 1 aliphatic rings. The molecule has 0 spiro atoms. The molecule has 1 heterocycles. The van der Waals surface area contributed by atoms with Crippen molar-refractivity contribution in [3.8, 4) is 0 Å². The summed E-state index contributed by atoms with van der Waals surface area (Å²) >= 11 is 0. The Labute approximate surface area is 131 Å². The number of anilines is 1. The van der Waals surface area contributed by atoms with E-state index in [9.17, 15) is 0 Å². The molecule has 0 bridgehead atoms. The van der Waals surface area contributed by atoms with E-state index in [0.717, 1.165) is 11.8 Å². The lowest BCUT2D eigenvalue weighted by atomic mass is 9.97. The third kappa shape index (κ3) is 4.74. The summed E-state index contributed by atoms with van der Waals surface area (Å²) < 4.78 is 1.25. The SMILES string of the molecule is Cc1ccc(N2CC[N+](C)(CC(C)CC(C)C)CC2)cc1. The van der Waals surface area contributed by atoms with Crippen LogP contribution in [0.1, 0.15) is 32.8 Å². The molecule has 118 valence electrons. The van der Waals surface area contributed by atoms with Gasteiger partial charge in [0.05, 0.1) is 39.8 Å². The zero-order valence-electron chi connectivity index (χ0n) is 14.6. The van der Waals surface area contributed by atoms with Crippen molar-refractivity contribution in [3.63, 3.8) is 0 Å². The van der Waals surface area contributed by atoms with Crippen LogP contribution in [-0.2, 0) is 0 Å². The first-order valence-corrected chi connectivity index (χ1v) is 8.53. The molecule has 0 N–H and O–H groups in total. The minimum Gasteiger partial charge on any atom is -0.360 e. The van der Waals surface area contributed by atoms with E-state index in [4.69, 9.17) is 0 Å². The zero-order chi connectivity index (χ0) is 15.5. The molecule has 1 saturated heterocycles. The number of hydrogen-bond acceptors (Lipinski definition) is 1. The number of likely N-dealkylation sites (N-methyl/N-ethyl adjacent to an activating group) is 1. The molecule has 0 amide bonds. The Bertz CT molecular complexity index is 427. The monoisotopic (exact) mass is 289 g/mol. The number of rotatable bonds is 5. The number of quaternary nitrogens is 1. The lowest BCUT2D eigenvalue weighted by Crippen LogP contribution is -2.58. The minimum atomic E-state index is 0.820. The van der Waals surface area contributed by atoms with Crippen LogP contribution < -0.4 is 4.90 Å². The molecule has 1 atom stereocenters. The van der Waals surface area contributed by atoms with E-state index in [-0.39, 0.29) is 0 Å². The van der Waals surface area contributed by atoms with Gasteiger partial charge in [-0.1, -0.05) is 38.5 Å². The van der Waals surface area contributed by atoms with E-state index in [1.165, 1.54) is 54.9 Å². The maximum atomic E-state index is 2.55. The van der Waals surface area contributed by atoms with E-state index >= 15 is 0 Å². The first-order valence-electron chi connectivity index (χ1n) is 8.53. The Balaban J connectivity index is 1.88. The van der Waals surface area contributed by atoms with Crippen LogP contribution in [-0.4, -0.2) is 44.3 Å². The van der Waals surface area contributed by atoms with Crippen molar-refractivity contribution in [2.24, 2.45) is 11.8 Å². The van der Waals surface area contributed by atoms with E-state index in [1.54, 1.807) is 0 Å². The third-order valence-corrected chi connectivity index (χ3v) is 4.84. The smallest absolute Gasteiger partial charge is 0.0963 e. The van der Waals surface area contributed by atoms with Gasteiger partial charge in [-0.2, -0.15) is 0 Å². The topological polar surface area (TPSA) is 3.24 Å². The van der Waals surface area contributed by atoms with Crippen molar-refractivity contribution in [1.82, 2.24) is 0 Å². The van der Waals surface area contributed by atoms with Crippen LogP contribution in [0.4, 0.5) is 5.69 Å². The van der Waals surface area contributed by atoms with Crippen molar-refractivity contribution >= 4 is 5.69 Å². The van der Waals surface area contributed by atoms with E-state index in [0.29, 0.717) is 0 Å². The summed E-state index contributed by atoms with van der Waals surface area (Å²) in [6.07, 6.45) is 1.36. The van der Waals surface area contributed by atoms with Gasteiger partial charge in [-0.15, -0.1) is 0 Å². The van der Waals surface area contributed by atoms with Gasteiger partial charge in [0.2, 0.25) is 0 Å². The van der Waals surface area contributed by atoms with Gasteiger partial charge in [0, 0.05) is 11.6 Å². The second kappa shape index (κ2) is 6.83. The molecule has 1 unspecified atom stereocenters. The summed E-state index contributed by atoms with van der Waals surface area (Å²) in [5, 5.41) is 0. The minimum absolute atomic E-state index is 0.820. The van der Waals surface area contributed by atoms with Gasteiger partial charge in [0.25, 0.3) is 0 Å². The third-order valence-electron chi connectivity index (χ3n) is 4.84. The summed E-state index contributed by atoms with van der Waals surface area (Å²) in [5.41, 5.74) is 2.74. The Morgan fingerprint density at radius 2 is 1.62 bits per heavy atom. The van der Waals surface area contributed by atoms with E-state index in [1.807, 2.05) is 0 Å². The molecule has 1 aliphatic heterocycles. The predicted octanol–water partition coefficient (Wildman–Crippen LogP) is 3.94. The lowest BCUT2D eigenvalue weighted by Gasteiger charge is -2.44. The maximum absolute atomic E-state index is 2.55. The van der Waals surface area contributed by atoms with Crippen LogP contribution in [0.5, 0.6) is 0 Å². The first kappa shape index (κ1) is 16.4. The molecule has 1 aromatic rings. The van der Waals surface area contributed by atoms with Crippen molar-refractivity contribution in [2.45, 2.75) is 34.1 Å². The van der Waals surface area contributed by atoms with Crippen LogP contribution >= 0.6 is 0 Å². The molecule has 0 radical (unpaired) electrons. The average Bonchev–Trinajstić information content (AvgIpc) is 2.39. The van der Waals surface area contributed by atoms with Gasteiger partial charge in [-0.25, -0.2) is 0 Å². The quantitative estimate of drug-likeness (QED) is 0.742. The highest BCUT2D eigenvalue weighted by Gasteiger charge is 2.30. The fraction of sp³-hybridized carbons (Fsp3) is 0.684. The largest absolute Gasteiger partial charge is 0.360 e. The van der Waals surface area contributed by atoms with Crippen molar-refractivity contribution in [3.05, 3.63) is 29.8 Å². The molecule has 0 saturated carbocycles. The zero-order valence-corrected chi connectivity index (χ0v) is 14.6. The summed E-state index contributed by atoms with van der Waals surface area (Å²) in [7, 11) is 2.45. The van der Waals surface area contributed by atoms with Gasteiger partial charge < -0.3 is 9.38 Å². The van der Waals surface area contributed by atoms with Crippen LogP contribution in [0, 0.1) is 18.8 Å². The highest BCUT2D eigenvalue weighted by atomic mass is 15.4. The molecule has 1 aromatic carbocycles. The van der Waals surface area contributed by atoms with Crippen molar-refractivity contribution in [2.75, 3.05) is 44.7 Å². The second-order valence-electron chi connectivity index (χ2n) is 7.81. The van der Waals surface area contributed by atoms with Crippen LogP contribution in [0.25, 0.3) is 0 Å². The van der Waals surface area contributed by atoms with Gasteiger partial charge in [-0.05, 0) is 31.4 Å². The molecule has 2 nitrogen and oxygen atoms in total. The summed E-state index contributed by atoms with van der Waals surface area (Å²) in [4.78, 5) is 2.55. The Morgan fingerprint density at radius 3 is 2.14 bits per heavy atom. The molecular formula is C19H33N2+. The maximum Gasteiger partial charge on any atom is 0.0963 e. The fourth-order valence-electron chi connectivity index (χ4n) is 3.78. The van der Waals surface area contributed by atoms with Crippen molar-refractivity contribution < 1.29 is 4.48 Å². The number of nitrogens with zero attached hydrogens (tertiary/aromatic N) is 2. The van der Waals surface area contributed by atoms with Gasteiger partial charge in [0.15, 0.2) is 0 Å². The molecular weight excluding hydrogens is 256 g/mol. The van der Waals surface area contributed by atoms with Crippen LogP contribution in [0.15, 0.2) is 24.3 Å². The molecule has 2 heteroatoms. The lowest BCUT2D eigenvalue weighted by molar-refractivity contribution is -0.913. The summed E-state index contributed by atoms with van der Waals surface area (Å²) in [6.45, 7) is 15.5. The second-order valence-corrected chi connectivity index (χ2v) is 7.81. The molecule has 1 fully saturated rings. The van der Waals surface area contributed by atoms with Gasteiger partial charge in [0.1, 0.15) is 0 Å². The summed E-state index contributed by atoms with van der Waals surface area (Å²) in [5.74, 6) is 1.65. The first-order chi connectivity index (χ1) is 9.88. The molecule has 2 rings (SSSR count). The molecule has 21 heavy (non-hydrogen) atoms. The Kier molecular flexibility index (Phi) is 5.32. The molecule has 0 aromatic heterocycles. The fourth-order valence-corrected chi connectivity index (χ4v) is 3.78. The van der Waals surface area contributed by atoms with Gasteiger partial charge >= 0.3 is 0 Å². The average molecular weight is 289 g/mol.